The molecule has 0 bridgehead atoms. The molecule has 0 saturated heterocycles. The van der Waals surface area contributed by atoms with Gasteiger partial charge in [-0.15, -0.1) is 0 Å². The van der Waals surface area contributed by atoms with Gasteiger partial charge in [0, 0.05) is 21.3 Å². The number of aliphatic hydroxyl groups excluding tert-OH is 1. The molecule has 4 N–H and O–H groups in total. The van der Waals surface area contributed by atoms with Crippen LogP contribution in [0.5, 0.6) is 17.2 Å². The maximum absolute atomic E-state index is 12.5. The van der Waals surface area contributed by atoms with Gasteiger partial charge < -0.3 is 34.7 Å². The number of hydrazone groups is 1. The number of amides is 2. The summed E-state index contributed by atoms with van der Waals surface area (Å²) in [5.74, 6) is 0.792. The largest absolute Gasteiger partial charge is 0.490 e. The van der Waals surface area contributed by atoms with Gasteiger partial charge in [-0.1, -0.05) is 35.3 Å². The average Bonchev–Trinajstić information content (AvgIpc) is 3.00. The summed E-state index contributed by atoms with van der Waals surface area (Å²) in [4.78, 5) is 24.6. The molecule has 0 aromatic heterocycles. The highest BCUT2D eigenvalue weighted by molar-refractivity contribution is 14.1. The van der Waals surface area contributed by atoms with E-state index in [1.807, 2.05) is 25.1 Å². The molecule has 0 aliphatic carbocycles. The van der Waals surface area contributed by atoms with Crippen molar-refractivity contribution in [3.8, 4) is 17.2 Å². The maximum Gasteiger partial charge on any atom is 0.337 e. The van der Waals surface area contributed by atoms with E-state index in [0.717, 1.165) is 19.2 Å². The third-order valence-electron chi connectivity index (χ3n) is 6.52. The van der Waals surface area contributed by atoms with Gasteiger partial charge in [-0.05, 0) is 99.9 Å². The van der Waals surface area contributed by atoms with E-state index >= 15 is 0 Å². The summed E-state index contributed by atoms with van der Waals surface area (Å²) in [6.07, 6.45) is 0.401. The number of ether oxygens (including phenoxy) is 4. The first-order valence-electron chi connectivity index (χ1n) is 13.8. The number of nitrogens with one attached hydrogen (secondary N) is 3. The Morgan fingerprint density at radius 3 is 2.63 bits per heavy atom. The molecule has 15 heteroatoms. The average molecular weight is 848 g/mol. The Balaban J connectivity index is 1.37. The second-order valence-electron chi connectivity index (χ2n) is 9.75. The zero-order chi connectivity index (χ0) is 33.4. The lowest BCUT2D eigenvalue weighted by Gasteiger charge is -2.28. The van der Waals surface area contributed by atoms with Crippen LogP contribution in [-0.4, -0.2) is 49.9 Å². The first-order chi connectivity index (χ1) is 22.0. The third kappa shape index (κ3) is 9.18. The van der Waals surface area contributed by atoms with Crippen LogP contribution >= 0.6 is 61.7 Å². The molecule has 1 heterocycles. The first-order valence-corrected chi connectivity index (χ1v) is 16.4. The number of methoxy groups -OCH3 is 1. The monoisotopic (exact) mass is 846 g/mol. The van der Waals surface area contributed by atoms with Crippen LogP contribution in [0.2, 0.25) is 10.0 Å². The molecule has 2 amide bonds. The van der Waals surface area contributed by atoms with E-state index in [1.165, 1.54) is 7.11 Å². The Hall–Kier alpha value is -3.24. The highest BCUT2D eigenvalue weighted by Crippen LogP contribution is 2.35. The molecule has 11 nitrogen and oxygen atoms in total. The Morgan fingerprint density at radius 2 is 1.93 bits per heavy atom. The molecule has 3 aromatic rings. The van der Waals surface area contributed by atoms with Crippen molar-refractivity contribution in [3.05, 3.63) is 94.6 Å². The summed E-state index contributed by atoms with van der Waals surface area (Å²) in [7, 11) is 1.27. The van der Waals surface area contributed by atoms with Crippen molar-refractivity contribution in [2.75, 3.05) is 20.3 Å². The van der Waals surface area contributed by atoms with Crippen molar-refractivity contribution < 1.29 is 33.6 Å². The quantitative estimate of drug-likeness (QED) is 0.0506. The molecule has 4 rings (SSSR count). The third-order valence-corrected chi connectivity index (χ3v) is 8.49. The molecule has 0 unspecified atom stereocenters. The Morgan fingerprint density at radius 1 is 1.15 bits per heavy atom. The van der Waals surface area contributed by atoms with Crippen LogP contribution < -0.4 is 30.3 Å². The smallest absolute Gasteiger partial charge is 0.337 e. The van der Waals surface area contributed by atoms with Gasteiger partial charge in [0.2, 0.25) is 0 Å². The van der Waals surface area contributed by atoms with Crippen molar-refractivity contribution in [1.82, 2.24) is 16.1 Å². The van der Waals surface area contributed by atoms with Gasteiger partial charge in [0.05, 0.1) is 39.6 Å². The van der Waals surface area contributed by atoms with Gasteiger partial charge in [0.1, 0.15) is 19.0 Å². The molecule has 1 aliphatic rings. The molecule has 0 spiro atoms. The number of urea groups is 1. The standard InChI is InChI=1S/C31H30BrCl2IN4O7/c1-4-44-25-11-18(28-27(30(41)43-3)16(2)37-31(42)38-28)6-8-24(25)45-15-26(40)39-36-13-17-9-21(32)29(23(35)10-17)46-14-19-5-7-20(33)12-22(19)34/h5-13,26,28,39-40H,4,14-15H2,1-3H3,(H2,37,38,42)/b36-13-/t26-,28-/m0/s1. The summed E-state index contributed by atoms with van der Waals surface area (Å²) in [5, 5.41) is 21.0. The molecule has 3 aromatic carbocycles. The number of rotatable bonds is 13. The van der Waals surface area contributed by atoms with Gasteiger partial charge in [-0.25, -0.2) is 9.59 Å². The van der Waals surface area contributed by atoms with E-state index in [1.54, 1.807) is 43.5 Å². The normalized spacial score (nSPS) is 15.2. The zero-order valence-electron chi connectivity index (χ0n) is 24.8. The zero-order valence-corrected chi connectivity index (χ0v) is 30.1. The van der Waals surface area contributed by atoms with Crippen LogP contribution in [0, 0.1) is 3.57 Å². The number of aliphatic hydroxyl groups is 1. The molecule has 0 fully saturated rings. The Bertz CT molecular complexity index is 1650. The second-order valence-corrected chi connectivity index (χ2v) is 12.6. The number of benzene rings is 3. The van der Waals surface area contributed by atoms with E-state index in [9.17, 15) is 14.7 Å². The van der Waals surface area contributed by atoms with Crippen molar-refractivity contribution in [2.24, 2.45) is 5.10 Å². The van der Waals surface area contributed by atoms with Gasteiger partial charge in [-0.3, -0.25) is 5.43 Å². The SMILES string of the molecule is CCOc1cc([C@@H]2NC(=O)NC(C)=C2C(=O)OC)ccc1OC[C@H](O)N/N=C\c1cc(Br)c(OCc2ccc(Cl)cc2Cl)c(I)c1. The van der Waals surface area contributed by atoms with Crippen LogP contribution in [0.25, 0.3) is 0 Å². The molecular weight excluding hydrogens is 818 g/mol. The fourth-order valence-corrected chi connectivity index (χ4v) is 6.63. The van der Waals surface area contributed by atoms with E-state index in [2.05, 4.69) is 59.7 Å². The predicted octanol–water partition coefficient (Wildman–Crippen LogP) is 6.46. The van der Waals surface area contributed by atoms with E-state index in [4.69, 9.17) is 42.1 Å². The summed E-state index contributed by atoms with van der Waals surface area (Å²) in [5.41, 5.74) is 5.43. The second kappa shape index (κ2) is 16.5. The topological polar surface area (TPSA) is 140 Å². The predicted molar refractivity (Wildman–Crippen MR) is 187 cm³/mol. The number of hydrogen-bond acceptors (Lipinski definition) is 9. The molecule has 0 saturated carbocycles. The lowest BCUT2D eigenvalue weighted by molar-refractivity contribution is -0.136. The Kier molecular flexibility index (Phi) is 12.8. The molecule has 244 valence electrons. The van der Waals surface area contributed by atoms with Crippen molar-refractivity contribution >= 4 is 79.9 Å². The van der Waals surface area contributed by atoms with Gasteiger partial charge in [0.15, 0.2) is 17.7 Å². The summed E-state index contributed by atoms with van der Waals surface area (Å²) >= 11 is 17.9. The molecule has 46 heavy (non-hydrogen) atoms. The fourth-order valence-electron chi connectivity index (χ4n) is 4.40. The number of esters is 1. The minimum absolute atomic E-state index is 0.158. The number of nitrogens with zero attached hydrogens (tertiary/aromatic N) is 1. The highest BCUT2D eigenvalue weighted by Gasteiger charge is 2.32. The number of carbonyl (C=O) groups is 2. The molecule has 1 aliphatic heterocycles. The van der Waals surface area contributed by atoms with Crippen molar-refractivity contribution in [2.45, 2.75) is 32.7 Å². The van der Waals surface area contributed by atoms with E-state index < -0.39 is 24.3 Å². The summed E-state index contributed by atoms with van der Waals surface area (Å²) < 4.78 is 24.0. The molecular formula is C31H30BrCl2IN4O7. The van der Waals surface area contributed by atoms with Gasteiger partial charge in [-0.2, -0.15) is 5.10 Å². The molecule has 0 radical (unpaired) electrons. The van der Waals surface area contributed by atoms with Crippen molar-refractivity contribution in [1.29, 1.82) is 0 Å². The number of carbonyl (C=O) groups excluding carboxylic acids is 2. The van der Waals surface area contributed by atoms with Gasteiger partial charge >= 0.3 is 12.0 Å². The van der Waals surface area contributed by atoms with Crippen LogP contribution in [-0.2, 0) is 16.1 Å². The number of halogens is 4. The van der Waals surface area contributed by atoms with Crippen LogP contribution in [0.15, 0.2) is 69.4 Å². The van der Waals surface area contributed by atoms with E-state index in [-0.39, 0.29) is 18.8 Å². The maximum atomic E-state index is 12.5. The van der Waals surface area contributed by atoms with Crippen LogP contribution in [0.4, 0.5) is 4.79 Å². The number of hydrogen-bond donors (Lipinski definition) is 4. The summed E-state index contributed by atoms with van der Waals surface area (Å²) in [6, 6.07) is 12.7. The van der Waals surface area contributed by atoms with Gasteiger partial charge in [0.25, 0.3) is 0 Å². The van der Waals surface area contributed by atoms with E-state index in [0.29, 0.717) is 45.2 Å². The first kappa shape index (κ1) is 35.6. The minimum Gasteiger partial charge on any atom is -0.490 e. The van der Waals surface area contributed by atoms with Crippen molar-refractivity contribution in [3.63, 3.8) is 0 Å². The lowest BCUT2D eigenvalue weighted by Crippen LogP contribution is -2.45. The minimum atomic E-state index is -1.15. The molecule has 2 atom stereocenters. The lowest BCUT2D eigenvalue weighted by atomic mass is 9.95. The van der Waals surface area contributed by atoms with Crippen LogP contribution in [0.1, 0.15) is 36.6 Å². The Labute approximate surface area is 297 Å². The highest BCUT2D eigenvalue weighted by atomic mass is 127. The summed E-state index contributed by atoms with van der Waals surface area (Å²) in [6.45, 7) is 3.87. The number of allylic oxidation sites excluding steroid dienone is 1. The fraction of sp³-hybridized carbons (Fsp3) is 0.258. The van der Waals surface area contributed by atoms with Crippen LogP contribution in [0.3, 0.4) is 0 Å².